The molecular weight excluding hydrogens is 204 g/mol. The van der Waals surface area contributed by atoms with Gasteiger partial charge in [0.2, 0.25) is 0 Å². The summed E-state index contributed by atoms with van der Waals surface area (Å²) in [5.41, 5.74) is 1.04. The Balaban J connectivity index is 1.67. The number of nitrogens with one attached hydrogen (secondary N) is 2. The summed E-state index contributed by atoms with van der Waals surface area (Å²) in [4.78, 5) is 0. The molecule has 0 heterocycles. The Morgan fingerprint density at radius 3 is 2.67 bits per heavy atom. The largest absolute Gasteiger partial charge is 0.362 e. The van der Waals surface area contributed by atoms with E-state index in [4.69, 9.17) is 12.2 Å². The molecule has 0 radical (unpaired) electrons. The van der Waals surface area contributed by atoms with Gasteiger partial charge in [-0.05, 0) is 36.7 Å². The van der Waals surface area contributed by atoms with E-state index >= 15 is 0 Å². The molecule has 2 nitrogen and oxygen atoms in total. The summed E-state index contributed by atoms with van der Waals surface area (Å²) >= 11 is 5.19. The van der Waals surface area contributed by atoms with E-state index in [1.807, 2.05) is 30.3 Å². The standard InChI is InChI=1S/C12H16N2S/c15-12(13-9-8-10-6-7-10)14-11-4-2-1-3-5-11/h1-5,10H,6-9H2,(H2,13,14,15). The van der Waals surface area contributed by atoms with Crippen LogP contribution in [0.1, 0.15) is 19.3 Å². The Kier molecular flexibility index (Phi) is 3.56. The topological polar surface area (TPSA) is 24.1 Å². The van der Waals surface area contributed by atoms with Gasteiger partial charge in [-0.1, -0.05) is 31.0 Å². The van der Waals surface area contributed by atoms with Crippen LogP contribution in [0.4, 0.5) is 5.69 Å². The minimum atomic E-state index is 0.724. The molecule has 2 N–H and O–H groups in total. The van der Waals surface area contributed by atoms with Crippen molar-refractivity contribution in [1.29, 1.82) is 0 Å². The van der Waals surface area contributed by atoms with Crippen LogP contribution in [-0.2, 0) is 0 Å². The van der Waals surface area contributed by atoms with Crippen LogP contribution < -0.4 is 10.6 Å². The number of rotatable bonds is 4. The molecule has 0 unspecified atom stereocenters. The van der Waals surface area contributed by atoms with E-state index in [9.17, 15) is 0 Å². The molecule has 1 aromatic carbocycles. The van der Waals surface area contributed by atoms with Crippen molar-refractivity contribution in [2.45, 2.75) is 19.3 Å². The fraction of sp³-hybridized carbons (Fsp3) is 0.417. The molecule has 3 heteroatoms. The molecule has 15 heavy (non-hydrogen) atoms. The molecule has 0 amide bonds. The van der Waals surface area contributed by atoms with E-state index in [1.165, 1.54) is 19.3 Å². The van der Waals surface area contributed by atoms with Crippen molar-refractivity contribution in [3.63, 3.8) is 0 Å². The molecule has 0 saturated heterocycles. The summed E-state index contributed by atoms with van der Waals surface area (Å²) in [5.74, 6) is 0.956. The van der Waals surface area contributed by atoms with Crippen LogP contribution in [0.25, 0.3) is 0 Å². The van der Waals surface area contributed by atoms with E-state index in [2.05, 4.69) is 10.6 Å². The molecule has 1 aromatic rings. The SMILES string of the molecule is S=C(NCCC1CC1)Nc1ccccc1. The summed E-state index contributed by atoms with van der Waals surface area (Å²) < 4.78 is 0. The van der Waals surface area contributed by atoms with Crippen molar-refractivity contribution in [1.82, 2.24) is 5.32 Å². The molecule has 1 aliphatic carbocycles. The fourth-order valence-corrected chi connectivity index (χ4v) is 1.71. The second-order valence-corrected chi connectivity index (χ2v) is 4.39. The maximum Gasteiger partial charge on any atom is 0.170 e. The predicted octanol–water partition coefficient (Wildman–Crippen LogP) is 2.77. The molecule has 0 atom stereocenters. The highest BCUT2D eigenvalue weighted by molar-refractivity contribution is 7.80. The van der Waals surface area contributed by atoms with Gasteiger partial charge in [0.1, 0.15) is 0 Å². The molecule has 1 aliphatic rings. The number of benzene rings is 1. The summed E-state index contributed by atoms with van der Waals surface area (Å²) in [7, 11) is 0. The zero-order chi connectivity index (χ0) is 10.5. The molecule has 1 fully saturated rings. The zero-order valence-electron chi connectivity index (χ0n) is 8.70. The highest BCUT2D eigenvalue weighted by Gasteiger charge is 2.20. The summed E-state index contributed by atoms with van der Waals surface area (Å²) in [5, 5.41) is 7.10. The molecule has 80 valence electrons. The van der Waals surface area contributed by atoms with Gasteiger partial charge >= 0.3 is 0 Å². The average Bonchev–Trinajstić information content (AvgIpc) is 3.03. The van der Waals surface area contributed by atoms with E-state index < -0.39 is 0 Å². The molecule has 0 bridgehead atoms. The number of para-hydroxylation sites is 1. The lowest BCUT2D eigenvalue weighted by molar-refractivity contribution is 0.702. The van der Waals surface area contributed by atoms with Gasteiger partial charge in [-0.25, -0.2) is 0 Å². The molecule has 2 rings (SSSR count). The first-order valence-electron chi connectivity index (χ1n) is 5.44. The minimum absolute atomic E-state index is 0.724. The van der Waals surface area contributed by atoms with Crippen molar-refractivity contribution in [3.8, 4) is 0 Å². The number of hydrogen-bond donors (Lipinski definition) is 2. The number of anilines is 1. The van der Waals surface area contributed by atoms with Crippen LogP contribution >= 0.6 is 12.2 Å². The van der Waals surface area contributed by atoms with Crippen LogP contribution in [-0.4, -0.2) is 11.7 Å². The smallest absolute Gasteiger partial charge is 0.170 e. The highest BCUT2D eigenvalue weighted by Crippen LogP contribution is 2.31. The third-order valence-electron chi connectivity index (χ3n) is 2.57. The van der Waals surface area contributed by atoms with Gasteiger partial charge in [0.15, 0.2) is 5.11 Å². The third-order valence-corrected chi connectivity index (χ3v) is 2.81. The van der Waals surface area contributed by atoms with Gasteiger partial charge in [-0.15, -0.1) is 0 Å². The van der Waals surface area contributed by atoms with Gasteiger partial charge in [0, 0.05) is 12.2 Å². The second-order valence-electron chi connectivity index (χ2n) is 3.98. The lowest BCUT2D eigenvalue weighted by Crippen LogP contribution is -2.29. The van der Waals surface area contributed by atoms with E-state index in [0.29, 0.717) is 0 Å². The van der Waals surface area contributed by atoms with Gasteiger partial charge in [-0.2, -0.15) is 0 Å². The van der Waals surface area contributed by atoms with Crippen molar-refractivity contribution in [2.75, 3.05) is 11.9 Å². The Morgan fingerprint density at radius 1 is 1.27 bits per heavy atom. The summed E-state index contributed by atoms with van der Waals surface area (Å²) in [6.07, 6.45) is 4.05. The Hall–Kier alpha value is -1.09. The monoisotopic (exact) mass is 220 g/mol. The van der Waals surface area contributed by atoms with E-state index in [-0.39, 0.29) is 0 Å². The Bertz CT molecular complexity index is 320. The van der Waals surface area contributed by atoms with Crippen LogP contribution in [0.5, 0.6) is 0 Å². The van der Waals surface area contributed by atoms with Crippen molar-refractivity contribution in [3.05, 3.63) is 30.3 Å². The zero-order valence-corrected chi connectivity index (χ0v) is 9.52. The number of thiocarbonyl (C=S) groups is 1. The minimum Gasteiger partial charge on any atom is -0.362 e. The maximum atomic E-state index is 5.19. The summed E-state index contributed by atoms with van der Waals surface area (Å²) in [6, 6.07) is 10.0. The van der Waals surface area contributed by atoms with Gasteiger partial charge in [-0.3, -0.25) is 0 Å². The Morgan fingerprint density at radius 2 is 2.00 bits per heavy atom. The van der Waals surface area contributed by atoms with Crippen LogP contribution in [0.2, 0.25) is 0 Å². The van der Waals surface area contributed by atoms with Crippen molar-refractivity contribution >= 4 is 23.0 Å². The van der Waals surface area contributed by atoms with Crippen molar-refractivity contribution in [2.24, 2.45) is 5.92 Å². The Labute approximate surface area is 96.1 Å². The normalized spacial score (nSPS) is 14.7. The predicted molar refractivity (Wildman–Crippen MR) is 68.0 cm³/mol. The molecule has 1 saturated carbocycles. The van der Waals surface area contributed by atoms with Crippen LogP contribution in [0, 0.1) is 5.92 Å². The molecule has 0 spiro atoms. The van der Waals surface area contributed by atoms with Gasteiger partial charge in [0.05, 0.1) is 0 Å². The maximum absolute atomic E-state index is 5.19. The lowest BCUT2D eigenvalue weighted by atomic mass is 10.3. The van der Waals surface area contributed by atoms with Crippen LogP contribution in [0.15, 0.2) is 30.3 Å². The lowest BCUT2D eigenvalue weighted by Gasteiger charge is -2.09. The number of hydrogen-bond acceptors (Lipinski definition) is 1. The first-order valence-corrected chi connectivity index (χ1v) is 5.85. The van der Waals surface area contributed by atoms with Gasteiger partial charge < -0.3 is 10.6 Å². The van der Waals surface area contributed by atoms with E-state index in [1.54, 1.807) is 0 Å². The first kappa shape index (κ1) is 10.4. The first-order chi connectivity index (χ1) is 7.34. The fourth-order valence-electron chi connectivity index (χ4n) is 1.49. The average molecular weight is 220 g/mol. The van der Waals surface area contributed by atoms with Crippen LogP contribution in [0.3, 0.4) is 0 Å². The second kappa shape index (κ2) is 5.12. The highest BCUT2D eigenvalue weighted by atomic mass is 32.1. The van der Waals surface area contributed by atoms with Gasteiger partial charge in [0.25, 0.3) is 0 Å². The molecular formula is C12H16N2S. The third kappa shape index (κ3) is 3.88. The quantitative estimate of drug-likeness (QED) is 0.763. The van der Waals surface area contributed by atoms with Crippen molar-refractivity contribution < 1.29 is 0 Å². The molecule has 0 aromatic heterocycles. The van der Waals surface area contributed by atoms with E-state index in [0.717, 1.165) is 23.3 Å². The summed E-state index contributed by atoms with van der Waals surface area (Å²) in [6.45, 7) is 0.989. The molecule has 0 aliphatic heterocycles.